The number of carbonyl (C=O) groups is 1. The SMILES string of the molecule is COc1cc(NS(=O)(=O)c2ccc(NC(=S)NC(=O)C(C)Oc3ccc(Cl)cc3Cl)cc2)nc(OC)n1. The average molecular weight is 586 g/mol. The molecule has 196 valence electrons. The van der Waals surface area contributed by atoms with E-state index in [9.17, 15) is 13.2 Å². The molecular weight excluding hydrogens is 565 g/mol. The van der Waals surface area contributed by atoms with Crippen molar-refractivity contribution in [1.82, 2.24) is 15.3 Å². The van der Waals surface area contributed by atoms with Gasteiger partial charge < -0.3 is 19.5 Å². The van der Waals surface area contributed by atoms with Crippen LogP contribution in [0.4, 0.5) is 11.5 Å². The maximum atomic E-state index is 12.8. The monoisotopic (exact) mass is 585 g/mol. The van der Waals surface area contributed by atoms with Gasteiger partial charge in [0, 0.05) is 16.8 Å². The van der Waals surface area contributed by atoms with E-state index in [1.807, 2.05) is 0 Å². The van der Waals surface area contributed by atoms with Gasteiger partial charge in [0.05, 0.1) is 24.1 Å². The third-order valence-corrected chi connectivity index (χ3v) is 6.64. The van der Waals surface area contributed by atoms with Crippen LogP contribution in [0.2, 0.25) is 10.0 Å². The Kier molecular flexibility index (Phi) is 9.32. The zero-order valence-corrected chi connectivity index (χ0v) is 22.8. The fourth-order valence-corrected chi connectivity index (χ4v) is 4.42. The predicted octanol–water partition coefficient (Wildman–Crippen LogP) is 3.88. The van der Waals surface area contributed by atoms with Gasteiger partial charge in [-0.25, -0.2) is 8.42 Å². The number of nitrogens with one attached hydrogen (secondary N) is 3. The summed E-state index contributed by atoms with van der Waals surface area (Å²) < 4.78 is 43.4. The Morgan fingerprint density at radius 2 is 1.73 bits per heavy atom. The van der Waals surface area contributed by atoms with Crippen molar-refractivity contribution in [2.75, 3.05) is 24.3 Å². The van der Waals surface area contributed by atoms with E-state index in [0.717, 1.165) is 0 Å². The topological polar surface area (TPSA) is 141 Å². The lowest BCUT2D eigenvalue weighted by atomic mass is 10.3. The quantitative estimate of drug-likeness (QED) is 0.317. The van der Waals surface area contributed by atoms with Gasteiger partial charge in [-0.15, -0.1) is 0 Å². The van der Waals surface area contributed by atoms with Gasteiger partial charge >= 0.3 is 6.01 Å². The van der Waals surface area contributed by atoms with Crippen LogP contribution in [-0.4, -0.2) is 49.7 Å². The smallest absolute Gasteiger partial charge is 0.321 e. The number of nitrogens with zero attached hydrogens (tertiary/aromatic N) is 2. The summed E-state index contributed by atoms with van der Waals surface area (Å²) in [4.78, 5) is 20.2. The zero-order valence-electron chi connectivity index (χ0n) is 19.6. The number of amides is 1. The molecule has 1 atom stereocenters. The van der Waals surface area contributed by atoms with E-state index in [0.29, 0.717) is 10.7 Å². The first-order valence-corrected chi connectivity index (χ1v) is 13.0. The van der Waals surface area contributed by atoms with Crippen LogP contribution >= 0.6 is 35.4 Å². The number of carbonyl (C=O) groups excluding carboxylic acids is 1. The minimum absolute atomic E-state index is 0.0171. The van der Waals surface area contributed by atoms with Crippen LogP contribution in [0.3, 0.4) is 0 Å². The summed E-state index contributed by atoms with van der Waals surface area (Å²) in [5, 5.41) is 5.97. The molecule has 3 rings (SSSR count). The first-order chi connectivity index (χ1) is 17.5. The second-order valence-corrected chi connectivity index (χ2v) is 10.1. The minimum atomic E-state index is -3.99. The van der Waals surface area contributed by atoms with E-state index >= 15 is 0 Å². The highest BCUT2D eigenvalue weighted by molar-refractivity contribution is 7.92. The number of hydrogen-bond acceptors (Lipinski definition) is 9. The summed E-state index contributed by atoms with van der Waals surface area (Å²) in [5.41, 5.74) is 0.434. The Balaban J connectivity index is 1.60. The summed E-state index contributed by atoms with van der Waals surface area (Å²) in [6.45, 7) is 1.53. The zero-order chi connectivity index (χ0) is 27.2. The van der Waals surface area contributed by atoms with Gasteiger partial charge in [0.15, 0.2) is 17.0 Å². The third-order valence-electron chi connectivity index (χ3n) is 4.54. The van der Waals surface area contributed by atoms with Crippen molar-refractivity contribution < 1.29 is 27.4 Å². The fraction of sp³-hybridized carbons (Fsp3) is 0.182. The molecule has 0 bridgehead atoms. The summed E-state index contributed by atoms with van der Waals surface area (Å²) in [6, 6.07) is 11.5. The molecule has 37 heavy (non-hydrogen) atoms. The normalized spacial score (nSPS) is 11.7. The maximum Gasteiger partial charge on any atom is 0.321 e. The molecule has 0 aliphatic carbocycles. The van der Waals surface area contributed by atoms with Crippen molar-refractivity contribution in [3.05, 3.63) is 58.6 Å². The molecule has 15 heteroatoms. The third kappa shape index (κ3) is 7.79. The van der Waals surface area contributed by atoms with Gasteiger partial charge in [0.1, 0.15) is 5.75 Å². The summed E-state index contributed by atoms with van der Waals surface area (Å²) in [6.07, 6.45) is -0.920. The number of sulfonamides is 1. The molecule has 3 aromatic rings. The molecule has 11 nitrogen and oxygen atoms in total. The molecule has 1 heterocycles. The molecule has 1 aromatic heterocycles. The number of methoxy groups -OCH3 is 2. The van der Waals surface area contributed by atoms with Crippen LogP contribution in [0.1, 0.15) is 6.92 Å². The molecule has 1 unspecified atom stereocenters. The van der Waals surface area contributed by atoms with E-state index in [-0.39, 0.29) is 38.5 Å². The summed E-state index contributed by atoms with van der Waals surface area (Å²) in [7, 11) is -1.27. The van der Waals surface area contributed by atoms with Crippen LogP contribution in [0.25, 0.3) is 0 Å². The Hall–Kier alpha value is -3.39. The number of hydrogen-bond donors (Lipinski definition) is 3. The molecular formula is C22H21Cl2N5O6S2. The second-order valence-electron chi connectivity index (χ2n) is 7.19. The van der Waals surface area contributed by atoms with Gasteiger partial charge in [-0.2, -0.15) is 9.97 Å². The Morgan fingerprint density at radius 1 is 1.03 bits per heavy atom. The number of rotatable bonds is 9. The van der Waals surface area contributed by atoms with Crippen molar-refractivity contribution in [1.29, 1.82) is 0 Å². The highest BCUT2D eigenvalue weighted by atomic mass is 35.5. The second kappa shape index (κ2) is 12.2. The van der Waals surface area contributed by atoms with Crippen LogP contribution in [0.15, 0.2) is 53.4 Å². The van der Waals surface area contributed by atoms with Gasteiger partial charge in [-0.3, -0.25) is 14.8 Å². The number of halogens is 2. The van der Waals surface area contributed by atoms with Crippen LogP contribution < -0.4 is 29.6 Å². The Morgan fingerprint density at radius 3 is 2.35 bits per heavy atom. The molecule has 0 spiro atoms. The molecule has 0 radical (unpaired) electrons. The maximum absolute atomic E-state index is 12.8. The molecule has 2 aromatic carbocycles. The summed E-state index contributed by atoms with van der Waals surface area (Å²) >= 11 is 17.1. The van der Waals surface area contributed by atoms with Crippen molar-refractivity contribution in [3.8, 4) is 17.6 Å². The van der Waals surface area contributed by atoms with Crippen molar-refractivity contribution in [2.24, 2.45) is 0 Å². The Labute approximate surface area is 228 Å². The number of aromatic nitrogens is 2. The standard InChI is InChI=1S/C22H21Cl2N5O6S2/c1-12(35-17-9-4-13(23)10-16(17)24)20(30)28-22(36)25-14-5-7-15(8-6-14)37(31,32)29-18-11-19(33-2)27-21(26-18)34-3/h4-12H,1-3H3,(H,26,27,29)(H2,25,28,30,36). The molecule has 0 aliphatic heterocycles. The van der Waals surface area contributed by atoms with E-state index < -0.39 is 22.0 Å². The van der Waals surface area contributed by atoms with E-state index in [1.165, 1.54) is 57.5 Å². The number of ether oxygens (including phenoxy) is 3. The molecule has 1 amide bonds. The van der Waals surface area contributed by atoms with E-state index in [2.05, 4.69) is 25.3 Å². The van der Waals surface area contributed by atoms with E-state index in [4.69, 9.17) is 49.6 Å². The van der Waals surface area contributed by atoms with Gasteiger partial charge in [-0.05, 0) is 61.6 Å². The molecule has 3 N–H and O–H groups in total. The number of anilines is 2. The summed E-state index contributed by atoms with van der Waals surface area (Å²) in [5.74, 6) is -0.152. The van der Waals surface area contributed by atoms with Crippen molar-refractivity contribution >= 4 is 68.0 Å². The lowest BCUT2D eigenvalue weighted by molar-refractivity contribution is -0.125. The molecule has 0 saturated carbocycles. The fourth-order valence-electron chi connectivity index (χ4n) is 2.76. The number of benzene rings is 2. The average Bonchev–Trinajstić information content (AvgIpc) is 2.85. The van der Waals surface area contributed by atoms with Gasteiger partial charge in [0.2, 0.25) is 5.88 Å². The largest absolute Gasteiger partial charge is 0.481 e. The first kappa shape index (κ1) is 28.2. The lowest BCUT2D eigenvalue weighted by Crippen LogP contribution is -2.42. The van der Waals surface area contributed by atoms with Crippen molar-refractivity contribution in [2.45, 2.75) is 17.9 Å². The van der Waals surface area contributed by atoms with Crippen molar-refractivity contribution in [3.63, 3.8) is 0 Å². The highest BCUT2D eigenvalue weighted by Gasteiger charge is 2.19. The molecule has 0 fully saturated rings. The minimum Gasteiger partial charge on any atom is -0.481 e. The highest BCUT2D eigenvalue weighted by Crippen LogP contribution is 2.28. The van der Waals surface area contributed by atoms with Gasteiger partial charge in [-0.1, -0.05) is 23.2 Å². The lowest BCUT2D eigenvalue weighted by Gasteiger charge is -2.16. The number of thiocarbonyl (C=S) groups is 1. The molecule has 0 saturated heterocycles. The molecule has 0 aliphatic rings. The predicted molar refractivity (Wildman–Crippen MR) is 143 cm³/mol. The van der Waals surface area contributed by atoms with Crippen LogP contribution in [0.5, 0.6) is 17.6 Å². The van der Waals surface area contributed by atoms with Gasteiger partial charge in [0.25, 0.3) is 15.9 Å². The first-order valence-electron chi connectivity index (χ1n) is 10.3. The van der Waals surface area contributed by atoms with Crippen LogP contribution in [-0.2, 0) is 14.8 Å². The Bertz CT molecular complexity index is 1380. The van der Waals surface area contributed by atoms with E-state index in [1.54, 1.807) is 12.1 Å². The van der Waals surface area contributed by atoms with Crippen LogP contribution in [0, 0.1) is 0 Å².